The first-order chi connectivity index (χ1) is 11.1. The summed E-state index contributed by atoms with van der Waals surface area (Å²) in [6, 6.07) is -0.0747. The van der Waals surface area contributed by atoms with Gasteiger partial charge in [-0.1, -0.05) is 0 Å². The van der Waals surface area contributed by atoms with Gasteiger partial charge in [0.15, 0.2) is 0 Å². The smallest absolute Gasteiger partial charge is 0.342 e. The molecule has 1 aliphatic carbocycles. The SMILES string of the molecule is COC(=O)c1c(C)nsc1NC(=O)N1CCCOC2CCCC21. The summed E-state index contributed by atoms with van der Waals surface area (Å²) in [7, 11) is 1.32. The van der Waals surface area contributed by atoms with Crippen molar-refractivity contribution in [2.24, 2.45) is 0 Å². The van der Waals surface area contributed by atoms with Gasteiger partial charge in [0, 0.05) is 13.2 Å². The maximum Gasteiger partial charge on any atom is 0.342 e. The lowest BCUT2D eigenvalue weighted by atomic mass is 10.2. The van der Waals surface area contributed by atoms with E-state index in [4.69, 9.17) is 9.47 Å². The molecule has 1 saturated carbocycles. The van der Waals surface area contributed by atoms with Crippen LogP contribution in [0.1, 0.15) is 41.7 Å². The van der Waals surface area contributed by atoms with Crippen LogP contribution in [0.3, 0.4) is 0 Å². The van der Waals surface area contributed by atoms with E-state index in [1.54, 1.807) is 6.92 Å². The highest BCUT2D eigenvalue weighted by Crippen LogP contribution is 2.31. The summed E-state index contributed by atoms with van der Waals surface area (Å²) in [5.74, 6) is -0.482. The predicted octanol–water partition coefficient (Wildman–Crippen LogP) is 2.41. The molecule has 2 fully saturated rings. The highest BCUT2D eigenvalue weighted by molar-refractivity contribution is 7.11. The van der Waals surface area contributed by atoms with E-state index in [2.05, 4.69) is 9.69 Å². The number of anilines is 1. The zero-order valence-electron chi connectivity index (χ0n) is 13.3. The van der Waals surface area contributed by atoms with Gasteiger partial charge in [0.1, 0.15) is 10.6 Å². The molecule has 0 bridgehead atoms. The number of fused-ring (bicyclic) bond motifs is 1. The topological polar surface area (TPSA) is 80.8 Å². The summed E-state index contributed by atoms with van der Waals surface area (Å²) < 4.78 is 14.8. The Bertz CT molecular complexity index is 604. The van der Waals surface area contributed by atoms with Crippen LogP contribution in [0, 0.1) is 6.92 Å². The average molecular weight is 339 g/mol. The predicted molar refractivity (Wildman–Crippen MR) is 85.9 cm³/mol. The van der Waals surface area contributed by atoms with Gasteiger partial charge in [-0.3, -0.25) is 5.32 Å². The molecule has 0 radical (unpaired) electrons. The Morgan fingerprint density at radius 1 is 1.39 bits per heavy atom. The van der Waals surface area contributed by atoms with E-state index in [1.807, 2.05) is 4.90 Å². The van der Waals surface area contributed by atoms with E-state index in [1.165, 1.54) is 7.11 Å². The summed E-state index contributed by atoms with van der Waals surface area (Å²) in [5, 5.41) is 3.29. The molecule has 2 unspecified atom stereocenters. The molecule has 3 rings (SSSR count). The molecule has 126 valence electrons. The van der Waals surface area contributed by atoms with Crippen molar-refractivity contribution in [3.05, 3.63) is 11.3 Å². The number of aromatic nitrogens is 1. The minimum Gasteiger partial charge on any atom is -0.465 e. The second-order valence-corrected chi connectivity index (χ2v) is 6.62. The number of nitrogens with one attached hydrogen (secondary N) is 1. The summed E-state index contributed by atoms with van der Waals surface area (Å²) in [4.78, 5) is 26.4. The molecule has 8 heteroatoms. The van der Waals surface area contributed by atoms with Crippen LogP contribution in [-0.2, 0) is 9.47 Å². The van der Waals surface area contributed by atoms with Gasteiger partial charge in [-0.15, -0.1) is 0 Å². The van der Waals surface area contributed by atoms with Crippen molar-refractivity contribution in [1.29, 1.82) is 0 Å². The van der Waals surface area contributed by atoms with Crippen molar-refractivity contribution < 1.29 is 19.1 Å². The number of methoxy groups -OCH3 is 1. The van der Waals surface area contributed by atoms with E-state index >= 15 is 0 Å². The lowest BCUT2D eigenvalue weighted by Crippen LogP contribution is -2.46. The van der Waals surface area contributed by atoms with Crippen molar-refractivity contribution in [2.45, 2.75) is 44.8 Å². The third-order valence-electron chi connectivity index (χ3n) is 4.43. The maximum atomic E-state index is 12.7. The number of carbonyl (C=O) groups excluding carboxylic acids is 2. The number of esters is 1. The number of carbonyl (C=O) groups is 2. The number of ether oxygens (including phenoxy) is 2. The van der Waals surface area contributed by atoms with Crippen LogP contribution in [0.2, 0.25) is 0 Å². The highest BCUT2D eigenvalue weighted by atomic mass is 32.1. The van der Waals surface area contributed by atoms with E-state index < -0.39 is 5.97 Å². The molecule has 2 aliphatic rings. The fourth-order valence-corrected chi connectivity index (χ4v) is 4.09. The Morgan fingerprint density at radius 3 is 3.00 bits per heavy atom. The van der Waals surface area contributed by atoms with Crippen LogP contribution < -0.4 is 5.32 Å². The normalized spacial score (nSPS) is 24.0. The van der Waals surface area contributed by atoms with Crippen LogP contribution in [0.15, 0.2) is 0 Å². The standard InChI is InChI=1S/C15H21N3O4S/c1-9-12(14(19)21-2)13(23-17-9)16-15(20)18-7-4-8-22-11-6-3-5-10(11)18/h10-11H,3-8H2,1-2H3,(H,16,20). The first-order valence-corrected chi connectivity index (χ1v) is 8.63. The fraction of sp³-hybridized carbons (Fsp3) is 0.667. The van der Waals surface area contributed by atoms with Crippen molar-refractivity contribution in [3.8, 4) is 0 Å². The lowest BCUT2D eigenvalue weighted by molar-refractivity contribution is 0.0413. The third kappa shape index (κ3) is 3.18. The molecule has 7 nitrogen and oxygen atoms in total. The van der Waals surface area contributed by atoms with Gasteiger partial charge >= 0.3 is 12.0 Å². The summed E-state index contributed by atoms with van der Waals surface area (Å²) in [5.41, 5.74) is 0.898. The maximum absolute atomic E-state index is 12.7. The Balaban J connectivity index is 1.77. The van der Waals surface area contributed by atoms with Gasteiger partial charge in [-0.05, 0) is 44.1 Å². The number of aryl methyl sites for hydroxylation is 1. The van der Waals surface area contributed by atoms with Crippen molar-refractivity contribution in [2.75, 3.05) is 25.6 Å². The van der Waals surface area contributed by atoms with Crippen molar-refractivity contribution >= 4 is 28.5 Å². The molecule has 2 atom stereocenters. The second kappa shape index (κ2) is 6.84. The lowest BCUT2D eigenvalue weighted by Gasteiger charge is -2.29. The molecule has 0 aromatic carbocycles. The van der Waals surface area contributed by atoms with Gasteiger partial charge in [-0.2, -0.15) is 4.37 Å². The van der Waals surface area contributed by atoms with Crippen molar-refractivity contribution in [3.63, 3.8) is 0 Å². The van der Waals surface area contributed by atoms with Gasteiger partial charge in [0.05, 0.1) is 24.9 Å². The van der Waals surface area contributed by atoms with E-state index in [9.17, 15) is 9.59 Å². The molecule has 1 N–H and O–H groups in total. The first-order valence-electron chi connectivity index (χ1n) is 7.85. The van der Waals surface area contributed by atoms with Crippen LogP contribution in [0.4, 0.5) is 9.80 Å². The van der Waals surface area contributed by atoms with Crippen molar-refractivity contribution in [1.82, 2.24) is 9.27 Å². The largest absolute Gasteiger partial charge is 0.465 e. The third-order valence-corrected chi connectivity index (χ3v) is 5.28. The number of amides is 2. The number of urea groups is 1. The zero-order valence-corrected chi connectivity index (χ0v) is 14.1. The second-order valence-electron chi connectivity index (χ2n) is 5.85. The monoisotopic (exact) mass is 339 g/mol. The molecule has 2 amide bonds. The zero-order chi connectivity index (χ0) is 16.4. The Labute approximate surface area is 139 Å². The van der Waals surface area contributed by atoms with Gasteiger partial charge in [0.25, 0.3) is 0 Å². The number of hydrogen-bond acceptors (Lipinski definition) is 6. The van der Waals surface area contributed by atoms with Crippen LogP contribution in [-0.4, -0.2) is 53.7 Å². The number of hydrogen-bond donors (Lipinski definition) is 1. The van der Waals surface area contributed by atoms with Gasteiger partial charge in [-0.25, -0.2) is 9.59 Å². The minimum absolute atomic E-state index is 0.119. The Morgan fingerprint density at radius 2 is 2.22 bits per heavy atom. The van der Waals surface area contributed by atoms with Crippen LogP contribution in [0.5, 0.6) is 0 Å². The molecule has 2 heterocycles. The quantitative estimate of drug-likeness (QED) is 0.837. The molecule has 23 heavy (non-hydrogen) atoms. The average Bonchev–Trinajstić information content (AvgIpc) is 3.08. The number of nitrogens with zero attached hydrogens (tertiary/aromatic N) is 2. The van der Waals surface area contributed by atoms with Gasteiger partial charge < -0.3 is 14.4 Å². The van der Waals surface area contributed by atoms with Crippen LogP contribution in [0.25, 0.3) is 0 Å². The fourth-order valence-electron chi connectivity index (χ4n) is 3.31. The summed E-state index contributed by atoms with van der Waals surface area (Å²) >= 11 is 1.10. The summed E-state index contributed by atoms with van der Waals surface area (Å²) in [6.45, 7) is 3.08. The molecular weight excluding hydrogens is 318 g/mol. The molecule has 0 spiro atoms. The summed E-state index contributed by atoms with van der Waals surface area (Å²) in [6.07, 6.45) is 4.00. The number of rotatable bonds is 2. The van der Waals surface area contributed by atoms with E-state index in [-0.39, 0.29) is 18.2 Å². The minimum atomic E-state index is -0.482. The van der Waals surface area contributed by atoms with Crippen LogP contribution >= 0.6 is 11.5 Å². The molecule has 1 aliphatic heterocycles. The molecule has 1 saturated heterocycles. The highest BCUT2D eigenvalue weighted by Gasteiger charge is 2.37. The Kier molecular flexibility index (Phi) is 4.82. The van der Waals surface area contributed by atoms with E-state index in [0.717, 1.165) is 37.2 Å². The Hall–Kier alpha value is -1.67. The van der Waals surface area contributed by atoms with Gasteiger partial charge in [0.2, 0.25) is 0 Å². The molecular formula is C15H21N3O4S. The molecule has 1 aromatic heterocycles. The molecule has 1 aromatic rings. The first kappa shape index (κ1) is 16.2. The van der Waals surface area contributed by atoms with E-state index in [0.29, 0.717) is 29.4 Å².